The first-order chi connectivity index (χ1) is 7.98. The van der Waals surface area contributed by atoms with Gasteiger partial charge in [0.05, 0.1) is 5.60 Å². The smallest absolute Gasteiger partial charge is 0.105 e. The maximum Gasteiger partial charge on any atom is 0.105 e. The quantitative estimate of drug-likeness (QED) is 0.455. The van der Waals surface area contributed by atoms with E-state index in [1.807, 2.05) is 6.08 Å². The van der Waals surface area contributed by atoms with Crippen molar-refractivity contribution in [2.45, 2.75) is 65.1 Å². The Hall–Kier alpha value is -0.820. The Morgan fingerprint density at radius 1 is 1.24 bits per heavy atom. The molecule has 17 heavy (non-hydrogen) atoms. The zero-order valence-electron chi connectivity index (χ0n) is 11.8. The number of epoxide rings is 1. The molecule has 0 unspecified atom stereocenters. The lowest BCUT2D eigenvalue weighted by molar-refractivity contribution is 0.304. The Kier molecular flexibility index (Phi) is 5.20. The van der Waals surface area contributed by atoms with Gasteiger partial charge in [-0.2, -0.15) is 0 Å². The maximum absolute atomic E-state index is 5.59. The zero-order valence-corrected chi connectivity index (χ0v) is 11.8. The molecule has 1 aliphatic heterocycles. The van der Waals surface area contributed by atoms with E-state index in [1.165, 1.54) is 17.6 Å². The molecular formula is C16H26O. The first-order valence-corrected chi connectivity index (χ1v) is 6.57. The van der Waals surface area contributed by atoms with Gasteiger partial charge in [-0.3, -0.25) is 0 Å². The summed E-state index contributed by atoms with van der Waals surface area (Å²) in [4.78, 5) is 0. The van der Waals surface area contributed by atoms with Crippen LogP contribution < -0.4 is 0 Å². The molecule has 0 aromatic rings. The number of allylic oxidation sites excluding steroid dienone is 4. The molecule has 0 N–H and O–H groups in total. The normalized spacial score (nSPS) is 27.8. The van der Waals surface area contributed by atoms with Gasteiger partial charge < -0.3 is 4.74 Å². The van der Waals surface area contributed by atoms with Crippen LogP contribution in [0.4, 0.5) is 0 Å². The van der Waals surface area contributed by atoms with E-state index in [1.54, 1.807) is 0 Å². The number of hydrogen-bond acceptors (Lipinski definition) is 1. The van der Waals surface area contributed by atoms with Crippen molar-refractivity contribution in [1.82, 2.24) is 0 Å². The Morgan fingerprint density at radius 3 is 2.47 bits per heavy atom. The van der Waals surface area contributed by atoms with Crippen LogP contribution in [0.25, 0.3) is 0 Å². The van der Waals surface area contributed by atoms with Crippen molar-refractivity contribution in [2.75, 3.05) is 0 Å². The van der Waals surface area contributed by atoms with Crippen LogP contribution in [0.1, 0.15) is 53.4 Å². The van der Waals surface area contributed by atoms with Gasteiger partial charge in [0.15, 0.2) is 0 Å². The number of hydrogen-bond donors (Lipinski definition) is 0. The number of ether oxygens (including phenoxy) is 1. The van der Waals surface area contributed by atoms with Crippen molar-refractivity contribution in [3.05, 3.63) is 36.0 Å². The van der Waals surface area contributed by atoms with Gasteiger partial charge in [0.25, 0.3) is 0 Å². The van der Waals surface area contributed by atoms with Crippen LogP contribution in [0.5, 0.6) is 0 Å². The molecular weight excluding hydrogens is 208 g/mol. The summed E-state index contributed by atoms with van der Waals surface area (Å²) in [5.74, 6) is 0. The molecule has 1 saturated heterocycles. The lowest BCUT2D eigenvalue weighted by atomic mass is 10.00. The number of rotatable bonds is 7. The third-order valence-corrected chi connectivity index (χ3v) is 3.38. The van der Waals surface area contributed by atoms with Crippen LogP contribution in [-0.4, -0.2) is 11.7 Å². The SMILES string of the molecule is C=C[C@H]1O[C@@]1(C)CC/C=C(\C)CCC=C(C)C. The summed E-state index contributed by atoms with van der Waals surface area (Å²) in [5.41, 5.74) is 2.96. The molecule has 0 spiro atoms. The van der Waals surface area contributed by atoms with Crippen LogP contribution in [0, 0.1) is 0 Å². The first-order valence-electron chi connectivity index (χ1n) is 6.57. The van der Waals surface area contributed by atoms with Crippen LogP contribution in [0.15, 0.2) is 36.0 Å². The summed E-state index contributed by atoms with van der Waals surface area (Å²) in [6.45, 7) is 12.5. The molecule has 0 aliphatic carbocycles. The minimum absolute atomic E-state index is 0.0679. The van der Waals surface area contributed by atoms with Gasteiger partial charge in [0.1, 0.15) is 6.10 Å². The highest BCUT2D eigenvalue weighted by molar-refractivity contribution is 5.10. The van der Waals surface area contributed by atoms with Gasteiger partial charge in [-0.15, -0.1) is 6.58 Å². The standard InChI is InChI=1S/C16H26O/c1-6-15-16(5,17-15)12-8-11-14(4)10-7-9-13(2)3/h6,9,11,15H,1,7-8,10,12H2,2-5H3/b14-11+/t15-,16+/m1/s1. The first kappa shape index (κ1) is 14.2. The van der Waals surface area contributed by atoms with Gasteiger partial charge in [-0.25, -0.2) is 0 Å². The van der Waals surface area contributed by atoms with Crippen molar-refractivity contribution in [2.24, 2.45) is 0 Å². The Labute approximate surface area is 106 Å². The average Bonchev–Trinajstić information content (AvgIpc) is 2.89. The lowest BCUT2D eigenvalue weighted by Crippen LogP contribution is -2.07. The van der Waals surface area contributed by atoms with Crippen molar-refractivity contribution in [1.29, 1.82) is 0 Å². The fourth-order valence-corrected chi connectivity index (χ4v) is 2.05. The highest BCUT2D eigenvalue weighted by Crippen LogP contribution is 2.40. The fraction of sp³-hybridized carbons (Fsp3) is 0.625. The molecule has 0 aromatic carbocycles. The monoisotopic (exact) mass is 234 g/mol. The van der Waals surface area contributed by atoms with Crippen LogP contribution in [0.2, 0.25) is 0 Å². The van der Waals surface area contributed by atoms with E-state index >= 15 is 0 Å². The van der Waals surface area contributed by atoms with Crippen molar-refractivity contribution >= 4 is 0 Å². The molecule has 2 atom stereocenters. The predicted octanol–water partition coefficient (Wildman–Crippen LogP) is 4.80. The molecule has 1 heteroatoms. The largest absolute Gasteiger partial charge is 0.362 e. The highest BCUT2D eigenvalue weighted by Gasteiger charge is 2.49. The average molecular weight is 234 g/mol. The van der Waals surface area contributed by atoms with Crippen molar-refractivity contribution < 1.29 is 4.74 Å². The molecule has 96 valence electrons. The van der Waals surface area contributed by atoms with Gasteiger partial charge in [0, 0.05) is 0 Å². The molecule has 0 saturated carbocycles. The zero-order chi connectivity index (χ0) is 12.9. The lowest BCUT2D eigenvalue weighted by Gasteiger charge is -2.03. The van der Waals surface area contributed by atoms with Gasteiger partial charge in [-0.05, 0) is 53.4 Å². The minimum Gasteiger partial charge on any atom is -0.362 e. The van der Waals surface area contributed by atoms with E-state index in [2.05, 4.69) is 46.4 Å². The highest BCUT2D eigenvalue weighted by atomic mass is 16.6. The molecule has 1 rings (SSSR count). The summed E-state index contributed by atoms with van der Waals surface area (Å²) >= 11 is 0. The third kappa shape index (κ3) is 4.91. The Morgan fingerprint density at radius 2 is 1.94 bits per heavy atom. The molecule has 0 radical (unpaired) electrons. The minimum atomic E-state index is 0.0679. The van der Waals surface area contributed by atoms with Gasteiger partial charge in [0.2, 0.25) is 0 Å². The van der Waals surface area contributed by atoms with Crippen molar-refractivity contribution in [3.8, 4) is 0 Å². The maximum atomic E-state index is 5.59. The summed E-state index contributed by atoms with van der Waals surface area (Å²) in [7, 11) is 0. The van der Waals surface area contributed by atoms with Gasteiger partial charge in [-0.1, -0.05) is 29.4 Å². The predicted molar refractivity (Wildman–Crippen MR) is 75.1 cm³/mol. The van der Waals surface area contributed by atoms with Crippen LogP contribution in [0.3, 0.4) is 0 Å². The van der Waals surface area contributed by atoms with E-state index in [-0.39, 0.29) is 11.7 Å². The summed E-state index contributed by atoms with van der Waals surface area (Å²) in [5, 5.41) is 0. The Balaban J connectivity index is 2.20. The second-order valence-electron chi connectivity index (χ2n) is 5.50. The molecule has 0 bridgehead atoms. The Bertz CT molecular complexity index is 320. The van der Waals surface area contributed by atoms with E-state index in [0.29, 0.717) is 0 Å². The second-order valence-corrected chi connectivity index (χ2v) is 5.50. The van der Waals surface area contributed by atoms with Crippen LogP contribution in [-0.2, 0) is 4.74 Å². The van der Waals surface area contributed by atoms with Crippen LogP contribution >= 0.6 is 0 Å². The van der Waals surface area contributed by atoms with E-state index in [9.17, 15) is 0 Å². The molecule has 0 amide bonds. The molecule has 1 fully saturated rings. The third-order valence-electron chi connectivity index (χ3n) is 3.38. The van der Waals surface area contributed by atoms with E-state index in [0.717, 1.165) is 19.3 Å². The summed E-state index contributed by atoms with van der Waals surface area (Å²) in [6.07, 6.45) is 11.4. The fourth-order valence-electron chi connectivity index (χ4n) is 2.05. The molecule has 1 heterocycles. The molecule has 1 aliphatic rings. The van der Waals surface area contributed by atoms with Crippen molar-refractivity contribution in [3.63, 3.8) is 0 Å². The van der Waals surface area contributed by atoms with Gasteiger partial charge >= 0.3 is 0 Å². The summed E-state index contributed by atoms with van der Waals surface area (Å²) < 4.78 is 5.59. The van der Waals surface area contributed by atoms with E-state index < -0.39 is 0 Å². The summed E-state index contributed by atoms with van der Waals surface area (Å²) in [6, 6.07) is 0. The molecule has 1 nitrogen and oxygen atoms in total. The van der Waals surface area contributed by atoms with E-state index in [4.69, 9.17) is 4.74 Å². The topological polar surface area (TPSA) is 12.5 Å². The second kappa shape index (κ2) is 6.20. The molecule has 0 aromatic heterocycles.